The maximum absolute atomic E-state index is 12.1. The zero-order valence-electron chi connectivity index (χ0n) is 11.5. The van der Waals surface area contributed by atoms with Crippen LogP contribution >= 0.6 is 0 Å². The van der Waals surface area contributed by atoms with Crippen molar-refractivity contribution in [3.8, 4) is 0 Å². The molecule has 108 valence electrons. The molecule has 0 spiro atoms. The number of carbonyl (C=O) groups is 1. The van der Waals surface area contributed by atoms with Crippen molar-refractivity contribution >= 4 is 11.6 Å². The van der Waals surface area contributed by atoms with Gasteiger partial charge in [-0.2, -0.15) is 0 Å². The Morgan fingerprint density at radius 1 is 1.45 bits per heavy atom. The van der Waals surface area contributed by atoms with E-state index in [-0.39, 0.29) is 11.6 Å². The number of nitrogens with one attached hydrogen (secondary N) is 2. The topological polar surface area (TPSA) is 84.3 Å². The lowest BCUT2D eigenvalue weighted by Crippen LogP contribution is -2.36. The van der Waals surface area contributed by atoms with Gasteiger partial charge in [0.25, 0.3) is 11.6 Å². The monoisotopic (exact) mass is 277 g/mol. The number of carbonyl (C=O) groups excluding carboxylic acids is 1. The highest BCUT2D eigenvalue weighted by Crippen LogP contribution is 2.17. The number of hydrogen-bond acceptors (Lipinski definition) is 4. The summed E-state index contributed by atoms with van der Waals surface area (Å²) in [6.07, 6.45) is 2.14. The van der Waals surface area contributed by atoms with Gasteiger partial charge in [-0.05, 0) is 50.4 Å². The summed E-state index contributed by atoms with van der Waals surface area (Å²) in [5, 5.41) is 16.9. The molecule has 1 aliphatic heterocycles. The summed E-state index contributed by atoms with van der Waals surface area (Å²) in [7, 11) is 0. The fourth-order valence-corrected chi connectivity index (χ4v) is 2.43. The summed E-state index contributed by atoms with van der Waals surface area (Å²) in [6.45, 7) is 4.37. The molecule has 1 saturated heterocycles. The molecule has 1 heterocycles. The van der Waals surface area contributed by atoms with Gasteiger partial charge in [0.1, 0.15) is 0 Å². The van der Waals surface area contributed by atoms with Gasteiger partial charge >= 0.3 is 0 Å². The van der Waals surface area contributed by atoms with Crippen molar-refractivity contribution in [2.24, 2.45) is 5.92 Å². The molecule has 1 fully saturated rings. The summed E-state index contributed by atoms with van der Waals surface area (Å²) in [6, 6.07) is 4.32. The van der Waals surface area contributed by atoms with Crippen molar-refractivity contribution < 1.29 is 9.72 Å². The Morgan fingerprint density at radius 3 is 2.75 bits per heavy atom. The quantitative estimate of drug-likeness (QED) is 0.647. The molecule has 0 saturated carbocycles. The molecule has 6 heteroatoms. The first-order chi connectivity index (χ1) is 9.58. The zero-order chi connectivity index (χ0) is 14.5. The summed E-state index contributed by atoms with van der Waals surface area (Å²) < 4.78 is 0. The van der Waals surface area contributed by atoms with E-state index in [9.17, 15) is 14.9 Å². The maximum Gasteiger partial charge on any atom is 0.269 e. The standard InChI is InChI=1S/C14H19N3O3/c1-10-8-12(17(19)20)2-3-13(10)14(18)16-9-11-4-6-15-7-5-11/h2-3,8,11,15H,4-7,9H2,1H3,(H,16,18). The van der Waals surface area contributed by atoms with Gasteiger partial charge in [-0.15, -0.1) is 0 Å². The van der Waals surface area contributed by atoms with Crippen LogP contribution < -0.4 is 10.6 Å². The van der Waals surface area contributed by atoms with Crippen LogP contribution in [0, 0.1) is 23.0 Å². The molecule has 1 aromatic carbocycles. The first-order valence-corrected chi connectivity index (χ1v) is 6.82. The number of non-ortho nitro benzene ring substituents is 1. The molecule has 1 aliphatic rings. The second kappa shape index (κ2) is 6.47. The number of piperidine rings is 1. The number of nitro benzene ring substituents is 1. The smallest absolute Gasteiger partial charge is 0.269 e. The molecule has 1 aromatic rings. The van der Waals surface area contributed by atoms with Crippen LogP contribution in [0.2, 0.25) is 0 Å². The summed E-state index contributed by atoms with van der Waals surface area (Å²) in [5.74, 6) is 0.356. The fourth-order valence-electron chi connectivity index (χ4n) is 2.43. The van der Waals surface area contributed by atoms with Crippen LogP contribution in [0.15, 0.2) is 18.2 Å². The summed E-state index contributed by atoms with van der Waals surface area (Å²) in [4.78, 5) is 22.3. The molecular weight excluding hydrogens is 258 g/mol. The Labute approximate surface area is 117 Å². The Kier molecular flexibility index (Phi) is 4.68. The number of hydrogen-bond donors (Lipinski definition) is 2. The third-order valence-corrected chi connectivity index (χ3v) is 3.68. The van der Waals surface area contributed by atoms with Gasteiger partial charge < -0.3 is 10.6 Å². The van der Waals surface area contributed by atoms with Crippen molar-refractivity contribution in [1.82, 2.24) is 10.6 Å². The minimum Gasteiger partial charge on any atom is -0.352 e. The van der Waals surface area contributed by atoms with Gasteiger partial charge in [0.2, 0.25) is 0 Å². The SMILES string of the molecule is Cc1cc([N+](=O)[O-])ccc1C(=O)NCC1CCNCC1. The summed E-state index contributed by atoms with van der Waals surface area (Å²) in [5.41, 5.74) is 1.14. The molecule has 0 aliphatic carbocycles. The normalized spacial score (nSPS) is 15.8. The van der Waals surface area contributed by atoms with Crippen molar-refractivity contribution in [2.45, 2.75) is 19.8 Å². The first-order valence-electron chi connectivity index (χ1n) is 6.82. The van der Waals surface area contributed by atoms with E-state index in [0.717, 1.165) is 25.9 Å². The Bertz CT molecular complexity index is 510. The lowest BCUT2D eigenvalue weighted by Gasteiger charge is -2.22. The van der Waals surface area contributed by atoms with Gasteiger partial charge in [-0.3, -0.25) is 14.9 Å². The number of nitrogens with zero attached hydrogens (tertiary/aromatic N) is 1. The van der Waals surface area contributed by atoms with Crippen LogP contribution in [-0.4, -0.2) is 30.5 Å². The van der Waals surface area contributed by atoms with Crippen LogP contribution in [0.5, 0.6) is 0 Å². The van der Waals surface area contributed by atoms with E-state index in [0.29, 0.717) is 23.6 Å². The fraction of sp³-hybridized carbons (Fsp3) is 0.500. The highest BCUT2D eigenvalue weighted by atomic mass is 16.6. The average molecular weight is 277 g/mol. The molecule has 6 nitrogen and oxygen atoms in total. The van der Waals surface area contributed by atoms with Crippen molar-refractivity contribution in [3.63, 3.8) is 0 Å². The van der Waals surface area contributed by atoms with Crippen LogP contribution in [-0.2, 0) is 0 Å². The molecule has 20 heavy (non-hydrogen) atoms. The molecule has 1 amide bonds. The van der Waals surface area contributed by atoms with Crippen LogP contribution in [0.4, 0.5) is 5.69 Å². The number of benzene rings is 1. The number of rotatable bonds is 4. The third kappa shape index (κ3) is 3.54. The maximum atomic E-state index is 12.1. The van der Waals surface area contributed by atoms with E-state index < -0.39 is 4.92 Å². The van der Waals surface area contributed by atoms with Crippen LogP contribution in [0.25, 0.3) is 0 Å². The van der Waals surface area contributed by atoms with Crippen molar-refractivity contribution in [3.05, 3.63) is 39.4 Å². The highest BCUT2D eigenvalue weighted by Gasteiger charge is 2.16. The largest absolute Gasteiger partial charge is 0.352 e. The average Bonchev–Trinajstić information content (AvgIpc) is 2.45. The molecule has 0 aromatic heterocycles. The zero-order valence-corrected chi connectivity index (χ0v) is 11.5. The highest BCUT2D eigenvalue weighted by molar-refractivity contribution is 5.95. The minimum atomic E-state index is -0.455. The predicted octanol–water partition coefficient (Wildman–Crippen LogP) is 1.63. The van der Waals surface area contributed by atoms with Gasteiger partial charge in [-0.25, -0.2) is 0 Å². The van der Waals surface area contributed by atoms with Crippen molar-refractivity contribution in [2.75, 3.05) is 19.6 Å². The van der Waals surface area contributed by atoms with E-state index >= 15 is 0 Å². The van der Waals surface area contributed by atoms with Gasteiger partial charge in [0.05, 0.1) is 4.92 Å². The van der Waals surface area contributed by atoms with Gasteiger partial charge in [-0.1, -0.05) is 0 Å². The van der Waals surface area contributed by atoms with Crippen LogP contribution in [0.3, 0.4) is 0 Å². The summed E-state index contributed by atoms with van der Waals surface area (Å²) >= 11 is 0. The lowest BCUT2D eigenvalue weighted by atomic mass is 9.98. The molecule has 0 radical (unpaired) electrons. The lowest BCUT2D eigenvalue weighted by molar-refractivity contribution is -0.384. The number of aryl methyl sites for hydroxylation is 1. The Balaban J connectivity index is 1.96. The second-order valence-electron chi connectivity index (χ2n) is 5.16. The van der Waals surface area contributed by atoms with E-state index in [1.165, 1.54) is 18.2 Å². The first kappa shape index (κ1) is 14.5. The molecule has 2 rings (SSSR count). The van der Waals surface area contributed by atoms with E-state index in [2.05, 4.69) is 10.6 Å². The second-order valence-corrected chi connectivity index (χ2v) is 5.16. The van der Waals surface area contributed by atoms with Crippen molar-refractivity contribution in [1.29, 1.82) is 0 Å². The minimum absolute atomic E-state index is 0.0115. The molecule has 2 N–H and O–H groups in total. The van der Waals surface area contributed by atoms with E-state index in [1.807, 2.05) is 0 Å². The van der Waals surface area contributed by atoms with E-state index in [4.69, 9.17) is 0 Å². The predicted molar refractivity (Wildman–Crippen MR) is 75.8 cm³/mol. The van der Waals surface area contributed by atoms with E-state index in [1.54, 1.807) is 6.92 Å². The Hall–Kier alpha value is -1.95. The van der Waals surface area contributed by atoms with Gasteiger partial charge in [0, 0.05) is 24.2 Å². The number of amides is 1. The van der Waals surface area contributed by atoms with Crippen LogP contribution in [0.1, 0.15) is 28.8 Å². The molecule has 0 unspecified atom stereocenters. The molecule has 0 bridgehead atoms. The molecular formula is C14H19N3O3. The number of nitro groups is 1. The third-order valence-electron chi connectivity index (χ3n) is 3.68. The Morgan fingerprint density at radius 2 is 2.15 bits per heavy atom. The molecule has 0 atom stereocenters. The van der Waals surface area contributed by atoms with Gasteiger partial charge in [0.15, 0.2) is 0 Å².